The highest BCUT2D eigenvalue weighted by Crippen LogP contribution is 2.04. The minimum absolute atomic E-state index is 0.102. The van der Waals surface area contributed by atoms with E-state index in [9.17, 15) is 4.79 Å². The lowest BCUT2D eigenvalue weighted by Crippen LogP contribution is -2.13. The summed E-state index contributed by atoms with van der Waals surface area (Å²) >= 11 is 0. The number of hydrogen-bond acceptors (Lipinski definition) is 4. The van der Waals surface area contributed by atoms with Crippen LogP contribution in [0.4, 0.5) is 0 Å². The van der Waals surface area contributed by atoms with Crippen molar-refractivity contribution in [1.82, 2.24) is 0 Å². The molecular weight excluding hydrogens is 196 g/mol. The van der Waals surface area contributed by atoms with Crippen LogP contribution in [0.25, 0.3) is 0 Å². The van der Waals surface area contributed by atoms with E-state index < -0.39 is 5.91 Å². The number of rotatable bonds is 5. The topological polar surface area (TPSA) is 84.9 Å². The summed E-state index contributed by atoms with van der Waals surface area (Å²) in [5.41, 5.74) is 6.13. The Morgan fingerprint density at radius 1 is 1.53 bits per heavy atom. The molecule has 0 atom stereocenters. The first-order valence-electron chi connectivity index (χ1n) is 4.40. The Bertz CT molecular complexity index is 363. The van der Waals surface area contributed by atoms with E-state index in [4.69, 9.17) is 10.8 Å². The van der Waals surface area contributed by atoms with Gasteiger partial charge in [-0.2, -0.15) is 0 Å². The zero-order chi connectivity index (χ0) is 11.1. The van der Waals surface area contributed by atoms with Gasteiger partial charge < -0.3 is 15.7 Å². The normalized spacial score (nSPS) is 10.5. The fourth-order valence-electron chi connectivity index (χ4n) is 1.02. The molecule has 0 aliphatic heterocycles. The molecular formula is C10H12N2O3. The molecule has 0 unspecified atom stereocenters. The van der Waals surface area contributed by atoms with E-state index in [0.29, 0.717) is 11.1 Å². The number of primary amides is 1. The van der Waals surface area contributed by atoms with Crippen LogP contribution in [0.3, 0.4) is 0 Å². The van der Waals surface area contributed by atoms with Crippen LogP contribution in [0.2, 0.25) is 0 Å². The lowest BCUT2D eigenvalue weighted by Gasteiger charge is -2.00. The molecule has 3 N–H and O–H groups in total. The first-order chi connectivity index (χ1) is 7.25. The fraction of sp³-hybridized carbons (Fsp3) is 0.200. The maximum atomic E-state index is 11.0. The molecule has 0 saturated carbocycles. The van der Waals surface area contributed by atoms with Crippen LogP contribution in [0.5, 0.6) is 0 Å². The number of oxime groups is 1. The second kappa shape index (κ2) is 5.77. The van der Waals surface area contributed by atoms with Gasteiger partial charge in [0.25, 0.3) is 0 Å². The van der Waals surface area contributed by atoms with Gasteiger partial charge in [0.05, 0.1) is 12.8 Å². The molecule has 1 aromatic rings. The average molecular weight is 208 g/mol. The standard InChI is InChI=1S/C10H12N2O3/c11-10(14)9-4-2-1-3-8(9)7-12-15-6-5-13/h1-4,7,13H,5-6H2,(H2,11,14)/b12-7+. The van der Waals surface area contributed by atoms with E-state index in [1.54, 1.807) is 24.3 Å². The van der Waals surface area contributed by atoms with Crippen molar-refractivity contribution in [3.63, 3.8) is 0 Å². The summed E-state index contributed by atoms with van der Waals surface area (Å²) in [5, 5.41) is 12.0. The lowest BCUT2D eigenvalue weighted by atomic mass is 10.1. The average Bonchev–Trinajstić information content (AvgIpc) is 2.25. The number of aliphatic hydroxyl groups is 1. The molecule has 5 nitrogen and oxygen atoms in total. The molecule has 0 aliphatic carbocycles. The Hall–Kier alpha value is -1.88. The molecule has 15 heavy (non-hydrogen) atoms. The second-order valence-corrected chi connectivity index (χ2v) is 2.74. The van der Waals surface area contributed by atoms with Gasteiger partial charge in [-0.1, -0.05) is 23.4 Å². The maximum absolute atomic E-state index is 11.0. The molecule has 0 bridgehead atoms. The van der Waals surface area contributed by atoms with Crippen molar-refractivity contribution in [1.29, 1.82) is 0 Å². The summed E-state index contributed by atoms with van der Waals surface area (Å²) in [6.45, 7) is 0.0179. The molecule has 1 aromatic carbocycles. The van der Waals surface area contributed by atoms with Crippen LogP contribution in [0.15, 0.2) is 29.4 Å². The molecule has 0 radical (unpaired) electrons. The van der Waals surface area contributed by atoms with E-state index in [-0.39, 0.29) is 13.2 Å². The van der Waals surface area contributed by atoms with Gasteiger partial charge in [-0.15, -0.1) is 0 Å². The van der Waals surface area contributed by atoms with Crippen molar-refractivity contribution in [3.05, 3.63) is 35.4 Å². The van der Waals surface area contributed by atoms with Gasteiger partial charge in [0.2, 0.25) is 5.91 Å². The highest BCUT2D eigenvalue weighted by molar-refractivity contribution is 6.01. The lowest BCUT2D eigenvalue weighted by molar-refractivity contribution is 0.0991. The van der Waals surface area contributed by atoms with Crippen LogP contribution in [0.1, 0.15) is 15.9 Å². The third kappa shape index (κ3) is 3.40. The number of amides is 1. The number of carbonyl (C=O) groups is 1. The van der Waals surface area contributed by atoms with Gasteiger partial charge in [0.15, 0.2) is 0 Å². The summed E-state index contributed by atoms with van der Waals surface area (Å²) in [5.74, 6) is -0.515. The molecule has 0 aliphatic rings. The predicted molar refractivity (Wildman–Crippen MR) is 55.6 cm³/mol. The number of nitrogens with two attached hydrogens (primary N) is 1. The Labute approximate surface area is 87.1 Å². The summed E-state index contributed by atoms with van der Waals surface area (Å²) in [4.78, 5) is 15.7. The fourth-order valence-corrected chi connectivity index (χ4v) is 1.02. The van der Waals surface area contributed by atoms with Crippen molar-refractivity contribution in [2.45, 2.75) is 0 Å². The van der Waals surface area contributed by atoms with Crippen LogP contribution >= 0.6 is 0 Å². The number of carbonyl (C=O) groups excluding carboxylic acids is 1. The zero-order valence-corrected chi connectivity index (χ0v) is 8.09. The van der Waals surface area contributed by atoms with Crippen molar-refractivity contribution >= 4 is 12.1 Å². The molecule has 1 amide bonds. The smallest absolute Gasteiger partial charge is 0.249 e. The second-order valence-electron chi connectivity index (χ2n) is 2.74. The molecule has 0 fully saturated rings. The van der Waals surface area contributed by atoms with Crippen molar-refractivity contribution < 1.29 is 14.7 Å². The van der Waals surface area contributed by atoms with Gasteiger partial charge in [0.1, 0.15) is 6.61 Å². The number of aliphatic hydroxyl groups excluding tert-OH is 1. The van der Waals surface area contributed by atoms with Crippen molar-refractivity contribution in [2.24, 2.45) is 10.9 Å². The van der Waals surface area contributed by atoms with E-state index in [1.165, 1.54) is 6.21 Å². The first kappa shape index (κ1) is 11.2. The van der Waals surface area contributed by atoms with Crippen LogP contribution < -0.4 is 5.73 Å². The SMILES string of the molecule is NC(=O)c1ccccc1/C=N/OCCO. The minimum atomic E-state index is -0.515. The summed E-state index contributed by atoms with van der Waals surface area (Å²) in [6.07, 6.45) is 1.38. The third-order valence-corrected chi connectivity index (χ3v) is 1.68. The van der Waals surface area contributed by atoms with Crippen LogP contribution in [-0.4, -0.2) is 30.4 Å². The molecule has 5 heteroatoms. The van der Waals surface area contributed by atoms with Crippen LogP contribution in [0, 0.1) is 0 Å². The molecule has 0 aromatic heterocycles. The highest BCUT2D eigenvalue weighted by atomic mass is 16.6. The minimum Gasteiger partial charge on any atom is -0.393 e. The maximum Gasteiger partial charge on any atom is 0.249 e. The van der Waals surface area contributed by atoms with Crippen molar-refractivity contribution in [3.8, 4) is 0 Å². The van der Waals surface area contributed by atoms with E-state index >= 15 is 0 Å². The Morgan fingerprint density at radius 3 is 2.93 bits per heavy atom. The monoisotopic (exact) mass is 208 g/mol. The van der Waals surface area contributed by atoms with Crippen molar-refractivity contribution in [2.75, 3.05) is 13.2 Å². The zero-order valence-electron chi connectivity index (χ0n) is 8.09. The molecule has 80 valence electrons. The number of nitrogens with zero attached hydrogens (tertiary/aromatic N) is 1. The van der Waals surface area contributed by atoms with Gasteiger partial charge in [-0.05, 0) is 6.07 Å². The Kier molecular flexibility index (Phi) is 4.30. The highest BCUT2D eigenvalue weighted by Gasteiger charge is 2.04. The Morgan fingerprint density at radius 2 is 2.27 bits per heavy atom. The summed E-state index contributed by atoms with van der Waals surface area (Å²) < 4.78 is 0. The van der Waals surface area contributed by atoms with E-state index in [1.807, 2.05) is 0 Å². The molecule has 0 heterocycles. The summed E-state index contributed by atoms with van der Waals surface area (Å²) in [6, 6.07) is 6.79. The van der Waals surface area contributed by atoms with Crippen LogP contribution in [-0.2, 0) is 4.84 Å². The molecule has 0 saturated heterocycles. The first-order valence-corrected chi connectivity index (χ1v) is 4.40. The van der Waals surface area contributed by atoms with Gasteiger partial charge in [-0.3, -0.25) is 4.79 Å². The molecule has 1 rings (SSSR count). The van der Waals surface area contributed by atoms with Gasteiger partial charge in [-0.25, -0.2) is 0 Å². The Balaban J connectivity index is 2.75. The molecule has 0 spiro atoms. The third-order valence-electron chi connectivity index (χ3n) is 1.68. The van der Waals surface area contributed by atoms with Gasteiger partial charge >= 0.3 is 0 Å². The predicted octanol–water partition coefficient (Wildman–Crippen LogP) is 0.128. The number of hydrogen-bond donors (Lipinski definition) is 2. The quantitative estimate of drug-likeness (QED) is 0.409. The van der Waals surface area contributed by atoms with Gasteiger partial charge in [0, 0.05) is 11.1 Å². The largest absolute Gasteiger partial charge is 0.393 e. The summed E-state index contributed by atoms with van der Waals surface area (Å²) in [7, 11) is 0. The number of benzene rings is 1. The van der Waals surface area contributed by atoms with E-state index in [0.717, 1.165) is 0 Å². The van der Waals surface area contributed by atoms with E-state index in [2.05, 4.69) is 9.99 Å².